The molecule has 1 aromatic heterocycles. The summed E-state index contributed by atoms with van der Waals surface area (Å²) in [5, 5.41) is 5.15. The first-order chi connectivity index (χ1) is 9.32. The molecule has 0 unspecified atom stereocenters. The quantitative estimate of drug-likeness (QED) is 0.901. The Morgan fingerprint density at radius 3 is 2.55 bits per heavy atom. The van der Waals surface area contributed by atoms with Crippen molar-refractivity contribution in [3.63, 3.8) is 0 Å². The predicted molar refractivity (Wildman–Crippen MR) is 79.3 cm³/mol. The van der Waals surface area contributed by atoms with Crippen LogP contribution in [-0.2, 0) is 10.0 Å². The molecular weight excluding hydrogens is 296 g/mol. The lowest BCUT2D eigenvalue weighted by Gasteiger charge is -2.31. The zero-order valence-electron chi connectivity index (χ0n) is 11.8. The maximum absolute atomic E-state index is 12.4. The van der Waals surface area contributed by atoms with Gasteiger partial charge < -0.3 is 4.90 Å². The number of carbonyl (C=O) groups excluding carboxylic acids is 1. The maximum atomic E-state index is 12.4. The van der Waals surface area contributed by atoms with E-state index >= 15 is 0 Å². The predicted octanol–water partition coefficient (Wildman–Crippen LogP) is 1.97. The monoisotopic (exact) mass is 316 g/mol. The number of amides is 1. The molecule has 0 aliphatic heterocycles. The molecule has 0 spiro atoms. The van der Waals surface area contributed by atoms with Crippen LogP contribution in [0.2, 0.25) is 0 Å². The molecule has 2 N–H and O–H groups in total. The molecule has 1 amide bonds. The fraction of sp³-hybridized carbons (Fsp3) is 0.615. The van der Waals surface area contributed by atoms with Crippen LogP contribution in [0.3, 0.4) is 0 Å². The normalized spacial score (nSPS) is 15.9. The second kappa shape index (κ2) is 5.83. The van der Waals surface area contributed by atoms with E-state index < -0.39 is 10.0 Å². The lowest BCUT2D eigenvalue weighted by Crippen LogP contribution is -2.36. The molecule has 0 radical (unpaired) electrons. The Kier molecular flexibility index (Phi) is 4.51. The van der Waals surface area contributed by atoms with Gasteiger partial charge in [0.25, 0.3) is 5.91 Å². The van der Waals surface area contributed by atoms with E-state index in [9.17, 15) is 13.2 Å². The van der Waals surface area contributed by atoms with Gasteiger partial charge in [0, 0.05) is 18.0 Å². The van der Waals surface area contributed by atoms with Gasteiger partial charge in [0.1, 0.15) is 0 Å². The summed E-state index contributed by atoms with van der Waals surface area (Å²) in [6.45, 7) is 5.01. The average Bonchev–Trinajstić information content (AvgIpc) is 2.69. The highest BCUT2D eigenvalue weighted by Crippen LogP contribution is 2.29. The molecule has 20 heavy (non-hydrogen) atoms. The Morgan fingerprint density at radius 1 is 1.50 bits per heavy atom. The molecule has 5 nitrogen and oxygen atoms in total. The van der Waals surface area contributed by atoms with E-state index in [1.807, 2.05) is 6.92 Å². The van der Waals surface area contributed by atoms with Crippen molar-refractivity contribution in [3.05, 3.63) is 15.8 Å². The average molecular weight is 316 g/mol. The second-order valence-corrected chi connectivity index (χ2v) is 8.00. The number of carbonyl (C=O) groups is 1. The molecule has 7 heteroatoms. The lowest BCUT2D eigenvalue weighted by molar-refractivity contribution is 0.0711. The number of rotatable bonds is 5. The lowest BCUT2D eigenvalue weighted by atomic mass is 9.85. The number of primary sulfonamides is 1. The van der Waals surface area contributed by atoms with Crippen LogP contribution in [0.5, 0.6) is 0 Å². The Labute approximate surface area is 123 Å². The van der Waals surface area contributed by atoms with Crippen molar-refractivity contribution in [1.29, 1.82) is 0 Å². The Bertz CT molecular complexity index is 603. The smallest absolute Gasteiger partial charge is 0.263 e. The summed E-state index contributed by atoms with van der Waals surface area (Å²) in [6.07, 6.45) is 3.59. The zero-order valence-corrected chi connectivity index (χ0v) is 13.4. The minimum Gasteiger partial charge on any atom is -0.338 e. The SMILES string of the molecule is CCN(CC1CCC1)C(=O)c1cc(S(N)(=O)=O)c(C)s1. The second-order valence-electron chi connectivity index (χ2n) is 5.22. The number of hydrogen-bond donors (Lipinski definition) is 1. The Balaban J connectivity index is 2.19. The first-order valence-electron chi connectivity index (χ1n) is 6.75. The molecular formula is C13H20N2O3S2. The molecule has 2 rings (SSSR count). The van der Waals surface area contributed by atoms with Gasteiger partial charge in [-0.3, -0.25) is 4.79 Å². The molecule has 0 saturated heterocycles. The van der Waals surface area contributed by atoms with E-state index in [1.165, 1.54) is 36.7 Å². The summed E-state index contributed by atoms with van der Waals surface area (Å²) >= 11 is 1.20. The summed E-state index contributed by atoms with van der Waals surface area (Å²) in [5.74, 6) is 0.500. The van der Waals surface area contributed by atoms with Gasteiger partial charge in [0.05, 0.1) is 9.77 Å². The number of hydrogen-bond acceptors (Lipinski definition) is 4. The summed E-state index contributed by atoms with van der Waals surface area (Å²) in [4.78, 5) is 15.3. The van der Waals surface area contributed by atoms with Crippen LogP contribution in [0.4, 0.5) is 0 Å². The van der Waals surface area contributed by atoms with E-state index in [0.717, 1.165) is 6.54 Å². The highest BCUT2D eigenvalue weighted by molar-refractivity contribution is 7.89. The van der Waals surface area contributed by atoms with Crippen molar-refractivity contribution < 1.29 is 13.2 Å². The third-order valence-electron chi connectivity index (χ3n) is 3.76. The Hall–Kier alpha value is -0.920. The fourth-order valence-corrected chi connectivity index (χ4v) is 4.47. The van der Waals surface area contributed by atoms with Crippen molar-refractivity contribution in [3.8, 4) is 0 Å². The van der Waals surface area contributed by atoms with Gasteiger partial charge in [-0.25, -0.2) is 13.6 Å². The minimum atomic E-state index is -3.76. The fourth-order valence-electron chi connectivity index (χ4n) is 2.35. The van der Waals surface area contributed by atoms with Gasteiger partial charge in [-0.05, 0) is 38.7 Å². The van der Waals surface area contributed by atoms with E-state index in [-0.39, 0.29) is 10.8 Å². The topological polar surface area (TPSA) is 80.5 Å². The van der Waals surface area contributed by atoms with Crippen LogP contribution in [0, 0.1) is 12.8 Å². The highest BCUT2D eigenvalue weighted by Gasteiger charge is 2.26. The third kappa shape index (κ3) is 3.21. The maximum Gasteiger partial charge on any atom is 0.263 e. The first kappa shape index (κ1) is 15.5. The summed E-state index contributed by atoms with van der Waals surface area (Å²) in [7, 11) is -3.76. The molecule has 1 aliphatic carbocycles. The number of aryl methyl sites for hydroxylation is 1. The van der Waals surface area contributed by atoms with Crippen LogP contribution in [0.25, 0.3) is 0 Å². The van der Waals surface area contributed by atoms with E-state index in [0.29, 0.717) is 22.2 Å². The van der Waals surface area contributed by atoms with Gasteiger partial charge in [0.15, 0.2) is 0 Å². The van der Waals surface area contributed by atoms with Crippen LogP contribution >= 0.6 is 11.3 Å². The van der Waals surface area contributed by atoms with Gasteiger partial charge in [-0.15, -0.1) is 11.3 Å². The van der Waals surface area contributed by atoms with Crippen LogP contribution in [0.15, 0.2) is 11.0 Å². The molecule has 1 heterocycles. The zero-order chi connectivity index (χ0) is 14.9. The van der Waals surface area contributed by atoms with Gasteiger partial charge in [0.2, 0.25) is 10.0 Å². The molecule has 1 aromatic rings. The van der Waals surface area contributed by atoms with Gasteiger partial charge in [-0.1, -0.05) is 6.42 Å². The summed E-state index contributed by atoms with van der Waals surface area (Å²) in [5.41, 5.74) is 0. The van der Waals surface area contributed by atoms with Crippen LogP contribution in [-0.4, -0.2) is 32.3 Å². The number of sulfonamides is 1. The molecule has 0 aromatic carbocycles. The number of nitrogens with two attached hydrogens (primary N) is 1. The van der Waals surface area contributed by atoms with Crippen molar-refractivity contribution in [2.45, 2.75) is 38.0 Å². The molecule has 0 bridgehead atoms. The van der Waals surface area contributed by atoms with Crippen LogP contribution < -0.4 is 5.14 Å². The van der Waals surface area contributed by atoms with Crippen molar-refractivity contribution in [2.24, 2.45) is 11.1 Å². The standard InChI is InChI=1S/C13H20N2O3S2/c1-3-15(8-10-5-4-6-10)13(16)11-7-12(9(2)19-11)20(14,17)18/h7,10H,3-6,8H2,1-2H3,(H2,14,17,18). The largest absolute Gasteiger partial charge is 0.338 e. The molecule has 1 fully saturated rings. The van der Waals surface area contributed by atoms with E-state index in [2.05, 4.69) is 0 Å². The van der Waals surface area contributed by atoms with Crippen molar-refractivity contribution >= 4 is 27.3 Å². The number of thiophene rings is 1. The molecule has 112 valence electrons. The van der Waals surface area contributed by atoms with E-state index in [1.54, 1.807) is 11.8 Å². The number of nitrogens with zero attached hydrogens (tertiary/aromatic N) is 1. The van der Waals surface area contributed by atoms with Gasteiger partial charge in [-0.2, -0.15) is 0 Å². The molecule has 1 saturated carbocycles. The van der Waals surface area contributed by atoms with Crippen LogP contribution in [0.1, 0.15) is 40.7 Å². The Morgan fingerprint density at radius 2 is 2.15 bits per heavy atom. The minimum absolute atomic E-state index is 0.0607. The summed E-state index contributed by atoms with van der Waals surface area (Å²) < 4.78 is 22.8. The highest BCUT2D eigenvalue weighted by atomic mass is 32.2. The third-order valence-corrected chi connectivity index (χ3v) is 5.97. The van der Waals surface area contributed by atoms with Crippen molar-refractivity contribution in [1.82, 2.24) is 4.90 Å². The van der Waals surface area contributed by atoms with Gasteiger partial charge >= 0.3 is 0 Å². The molecule has 0 atom stereocenters. The van der Waals surface area contributed by atoms with Crippen molar-refractivity contribution in [2.75, 3.05) is 13.1 Å². The molecule has 1 aliphatic rings. The van der Waals surface area contributed by atoms with E-state index in [4.69, 9.17) is 5.14 Å². The summed E-state index contributed by atoms with van der Waals surface area (Å²) in [6, 6.07) is 1.40. The first-order valence-corrected chi connectivity index (χ1v) is 9.11.